The van der Waals surface area contributed by atoms with Crippen LogP contribution in [0.5, 0.6) is 0 Å². The summed E-state index contributed by atoms with van der Waals surface area (Å²) in [5.74, 6) is -2.10. The molecule has 27 heavy (non-hydrogen) atoms. The predicted molar refractivity (Wildman–Crippen MR) is 99.2 cm³/mol. The van der Waals surface area contributed by atoms with Crippen molar-refractivity contribution in [1.29, 1.82) is 0 Å². The third kappa shape index (κ3) is 3.75. The lowest BCUT2D eigenvalue weighted by Crippen LogP contribution is -2.30. The first-order valence-electron chi connectivity index (χ1n) is 8.52. The van der Waals surface area contributed by atoms with E-state index >= 15 is 0 Å². The van der Waals surface area contributed by atoms with E-state index in [1.165, 1.54) is 29.2 Å². The van der Waals surface area contributed by atoms with Crippen LogP contribution in [0.1, 0.15) is 65.4 Å². The number of fused-ring (bicyclic) bond motifs is 1. The maximum atomic E-state index is 12.5. The van der Waals surface area contributed by atoms with Gasteiger partial charge in [-0.05, 0) is 36.8 Å². The molecule has 0 fully saturated rings. The number of thiophene rings is 1. The molecule has 2 heterocycles. The van der Waals surface area contributed by atoms with Gasteiger partial charge in [-0.1, -0.05) is 13.3 Å². The first-order valence-corrected chi connectivity index (χ1v) is 9.34. The number of hydrogen-bond donors (Lipinski definition) is 2. The first-order chi connectivity index (χ1) is 12.9. The zero-order valence-corrected chi connectivity index (χ0v) is 15.5. The number of benzene rings is 1. The molecule has 7 nitrogen and oxygen atoms in total. The van der Waals surface area contributed by atoms with E-state index in [-0.39, 0.29) is 34.4 Å². The molecule has 0 saturated carbocycles. The highest BCUT2D eigenvalue weighted by Gasteiger charge is 2.35. The molecule has 0 radical (unpaired) electrons. The zero-order chi connectivity index (χ0) is 19.6. The summed E-state index contributed by atoms with van der Waals surface area (Å²) in [4.78, 5) is 50.2. The number of carboxylic acids is 1. The molecule has 0 bridgehead atoms. The summed E-state index contributed by atoms with van der Waals surface area (Å²) < 4.78 is 0. The summed E-state index contributed by atoms with van der Waals surface area (Å²) in [5.41, 5.74) is 0.840. The van der Waals surface area contributed by atoms with Crippen LogP contribution in [0.4, 0.5) is 0 Å². The fourth-order valence-corrected chi connectivity index (χ4v) is 3.59. The van der Waals surface area contributed by atoms with Gasteiger partial charge in [0.25, 0.3) is 17.7 Å². The monoisotopic (exact) mass is 386 g/mol. The molecule has 2 aromatic rings. The van der Waals surface area contributed by atoms with Crippen LogP contribution in [0.3, 0.4) is 0 Å². The molecule has 0 aliphatic carbocycles. The topological polar surface area (TPSA) is 104 Å². The number of aromatic carboxylic acids is 1. The van der Waals surface area contributed by atoms with E-state index < -0.39 is 11.9 Å². The summed E-state index contributed by atoms with van der Waals surface area (Å²) in [5, 5.41) is 11.6. The van der Waals surface area contributed by atoms with Crippen LogP contribution in [0.25, 0.3) is 0 Å². The number of hydrogen-bond acceptors (Lipinski definition) is 5. The Balaban J connectivity index is 1.71. The summed E-state index contributed by atoms with van der Waals surface area (Å²) in [6.07, 6.45) is 1.60. The van der Waals surface area contributed by atoms with Crippen molar-refractivity contribution in [3.05, 3.63) is 56.8 Å². The van der Waals surface area contributed by atoms with E-state index in [0.717, 1.165) is 24.2 Å². The zero-order valence-electron chi connectivity index (χ0n) is 14.7. The summed E-state index contributed by atoms with van der Waals surface area (Å²) in [7, 11) is 0. The van der Waals surface area contributed by atoms with Crippen LogP contribution in [0.2, 0.25) is 0 Å². The minimum absolute atomic E-state index is 0.184. The second-order valence-corrected chi connectivity index (χ2v) is 7.30. The van der Waals surface area contributed by atoms with Gasteiger partial charge in [0, 0.05) is 17.0 Å². The quantitative estimate of drug-likeness (QED) is 0.712. The van der Waals surface area contributed by atoms with E-state index in [2.05, 4.69) is 5.32 Å². The number of carboxylic acid groups (broad SMARTS) is 1. The Bertz CT molecular complexity index is 934. The molecule has 1 aliphatic rings. The molecule has 1 aromatic carbocycles. The number of rotatable bonds is 7. The molecule has 0 spiro atoms. The van der Waals surface area contributed by atoms with Gasteiger partial charge in [0.05, 0.1) is 17.7 Å². The number of carbonyl (C=O) groups is 4. The number of unbranched alkanes of at least 4 members (excludes halogenated alkanes) is 1. The van der Waals surface area contributed by atoms with E-state index in [0.29, 0.717) is 17.0 Å². The Kier molecular flexibility index (Phi) is 5.36. The number of nitrogens with zero attached hydrogens (tertiary/aromatic N) is 1. The fourth-order valence-electron chi connectivity index (χ4n) is 2.81. The van der Waals surface area contributed by atoms with Crippen molar-refractivity contribution in [1.82, 2.24) is 10.2 Å². The second kappa shape index (κ2) is 7.71. The van der Waals surface area contributed by atoms with Gasteiger partial charge in [-0.25, -0.2) is 4.79 Å². The maximum absolute atomic E-state index is 12.5. The van der Waals surface area contributed by atoms with Crippen molar-refractivity contribution in [2.45, 2.75) is 26.3 Å². The van der Waals surface area contributed by atoms with Crippen molar-refractivity contribution in [3.63, 3.8) is 0 Å². The summed E-state index contributed by atoms with van der Waals surface area (Å²) in [6, 6.07) is 7.59. The molecule has 140 valence electrons. The van der Waals surface area contributed by atoms with Crippen molar-refractivity contribution in [2.75, 3.05) is 6.54 Å². The third-order valence-corrected chi connectivity index (χ3v) is 5.34. The van der Waals surface area contributed by atoms with Crippen molar-refractivity contribution in [2.24, 2.45) is 0 Å². The Morgan fingerprint density at radius 3 is 2.52 bits per heavy atom. The normalized spacial score (nSPS) is 13.0. The SMILES string of the molecule is CCCCN1C(=O)c2ccc(C(=O)NCc3ccc(C(=O)O)s3)cc2C1=O. The number of carbonyl (C=O) groups excluding carboxylic acids is 3. The number of amides is 3. The van der Waals surface area contributed by atoms with Crippen LogP contribution in [0, 0.1) is 0 Å². The molecule has 8 heteroatoms. The van der Waals surface area contributed by atoms with Crippen LogP contribution in [-0.2, 0) is 6.54 Å². The maximum Gasteiger partial charge on any atom is 0.345 e. The highest BCUT2D eigenvalue weighted by atomic mass is 32.1. The molecule has 3 rings (SSSR count). The molecule has 0 atom stereocenters. The number of nitrogens with one attached hydrogen (secondary N) is 1. The Morgan fingerprint density at radius 2 is 1.85 bits per heavy atom. The average molecular weight is 386 g/mol. The average Bonchev–Trinajstić information content (AvgIpc) is 3.22. The predicted octanol–water partition coefficient (Wildman–Crippen LogP) is 2.77. The van der Waals surface area contributed by atoms with Crippen molar-refractivity contribution in [3.8, 4) is 0 Å². The van der Waals surface area contributed by atoms with Gasteiger partial charge >= 0.3 is 5.97 Å². The van der Waals surface area contributed by atoms with Crippen molar-refractivity contribution >= 4 is 35.0 Å². The lowest BCUT2D eigenvalue weighted by atomic mass is 10.1. The minimum atomic E-state index is -1.01. The Hall–Kier alpha value is -3.00. The standard InChI is InChI=1S/C19H18N2O5S/c1-2-3-8-21-17(23)13-6-4-11(9-14(13)18(21)24)16(22)20-10-12-5-7-15(27-12)19(25)26/h4-7,9H,2-3,8,10H2,1H3,(H,20,22)(H,25,26). The van der Waals surface area contributed by atoms with Crippen LogP contribution >= 0.6 is 11.3 Å². The van der Waals surface area contributed by atoms with Gasteiger partial charge in [-0.3, -0.25) is 19.3 Å². The molecule has 2 N–H and O–H groups in total. The summed E-state index contributed by atoms with van der Waals surface area (Å²) >= 11 is 1.09. The molecular weight excluding hydrogens is 368 g/mol. The smallest absolute Gasteiger partial charge is 0.345 e. The molecule has 3 amide bonds. The molecule has 0 saturated heterocycles. The van der Waals surface area contributed by atoms with Crippen LogP contribution in [0.15, 0.2) is 30.3 Å². The molecule has 0 unspecified atom stereocenters. The van der Waals surface area contributed by atoms with Gasteiger partial charge in [0.15, 0.2) is 0 Å². The minimum Gasteiger partial charge on any atom is -0.477 e. The van der Waals surface area contributed by atoms with Gasteiger partial charge in [0.2, 0.25) is 0 Å². The fraction of sp³-hybridized carbons (Fsp3) is 0.263. The van der Waals surface area contributed by atoms with Crippen LogP contribution < -0.4 is 5.32 Å². The van der Waals surface area contributed by atoms with E-state index in [9.17, 15) is 19.2 Å². The first kappa shape index (κ1) is 18.8. The second-order valence-electron chi connectivity index (χ2n) is 6.13. The lowest BCUT2D eigenvalue weighted by molar-refractivity contribution is 0.0649. The lowest BCUT2D eigenvalue weighted by Gasteiger charge is -2.12. The molecule has 1 aliphatic heterocycles. The van der Waals surface area contributed by atoms with E-state index in [4.69, 9.17) is 5.11 Å². The van der Waals surface area contributed by atoms with Gasteiger partial charge < -0.3 is 10.4 Å². The van der Waals surface area contributed by atoms with Gasteiger partial charge in [-0.2, -0.15) is 0 Å². The Labute approximate surface area is 159 Å². The largest absolute Gasteiger partial charge is 0.477 e. The van der Waals surface area contributed by atoms with Gasteiger partial charge in [0.1, 0.15) is 4.88 Å². The molecule has 1 aromatic heterocycles. The van der Waals surface area contributed by atoms with E-state index in [1.807, 2.05) is 6.92 Å². The van der Waals surface area contributed by atoms with Crippen molar-refractivity contribution < 1.29 is 24.3 Å². The van der Waals surface area contributed by atoms with Crippen LogP contribution in [-0.4, -0.2) is 40.2 Å². The van der Waals surface area contributed by atoms with Gasteiger partial charge in [-0.15, -0.1) is 11.3 Å². The number of imide groups is 1. The highest BCUT2D eigenvalue weighted by molar-refractivity contribution is 7.13. The highest BCUT2D eigenvalue weighted by Crippen LogP contribution is 2.24. The molecular formula is C19H18N2O5S. The Morgan fingerprint density at radius 1 is 1.11 bits per heavy atom. The van der Waals surface area contributed by atoms with E-state index in [1.54, 1.807) is 6.07 Å². The summed E-state index contributed by atoms with van der Waals surface area (Å²) in [6.45, 7) is 2.53. The third-order valence-electron chi connectivity index (χ3n) is 4.26.